The Bertz CT molecular complexity index is 350. The van der Waals surface area contributed by atoms with Gasteiger partial charge in [-0.25, -0.2) is 4.98 Å². The number of ether oxygens (including phenoxy) is 1. The molecule has 1 aliphatic heterocycles. The fraction of sp³-hybridized carbons (Fsp3) is 0.833. The lowest BCUT2D eigenvalue weighted by Gasteiger charge is -2.25. The Morgan fingerprint density at radius 2 is 2.00 bits per heavy atom. The Labute approximate surface area is 103 Å². The zero-order chi connectivity index (χ0) is 12.3. The second kappa shape index (κ2) is 5.14. The van der Waals surface area contributed by atoms with Gasteiger partial charge in [0.05, 0.1) is 13.2 Å². The number of nitrogens with one attached hydrogen (secondary N) is 1. The van der Waals surface area contributed by atoms with Gasteiger partial charge >= 0.3 is 0 Å². The van der Waals surface area contributed by atoms with Crippen molar-refractivity contribution in [2.45, 2.75) is 32.6 Å². The minimum absolute atomic E-state index is 0.0215. The van der Waals surface area contributed by atoms with E-state index in [-0.39, 0.29) is 5.41 Å². The number of hydrogen-bond donors (Lipinski definition) is 1. The standard InChI is InChI=1S/C12H22N4O/c1-12(2,3)11-13-10(14-15-11)4-5-16-6-8-17-9-7-16/h4-9H2,1-3H3,(H,13,14,15). The largest absolute Gasteiger partial charge is 0.379 e. The van der Waals surface area contributed by atoms with E-state index in [1.807, 2.05) is 0 Å². The van der Waals surface area contributed by atoms with Crippen LogP contribution in [0.5, 0.6) is 0 Å². The van der Waals surface area contributed by atoms with Crippen molar-refractivity contribution in [2.24, 2.45) is 0 Å². The van der Waals surface area contributed by atoms with E-state index in [1.54, 1.807) is 0 Å². The smallest absolute Gasteiger partial charge is 0.155 e. The lowest BCUT2D eigenvalue weighted by molar-refractivity contribution is 0.0382. The lowest BCUT2D eigenvalue weighted by Crippen LogP contribution is -2.37. The van der Waals surface area contributed by atoms with Crippen molar-refractivity contribution >= 4 is 0 Å². The molecule has 0 unspecified atom stereocenters. The highest BCUT2D eigenvalue weighted by Crippen LogP contribution is 2.17. The molecule has 2 rings (SSSR count). The van der Waals surface area contributed by atoms with Crippen LogP contribution in [0.3, 0.4) is 0 Å². The molecule has 5 heteroatoms. The lowest BCUT2D eigenvalue weighted by atomic mass is 9.96. The van der Waals surface area contributed by atoms with Crippen LogP contribution in [-0.2, 0) is 16.6 Å². The summed E-state index contributed by atoms with van der Waals surface area (Å²) in [7, 11) is 0. The minimum Gasteiger partial charge on any atom is -0.379 e. The Morgan fingerprint density at radius 3 is 2.59 bits per heavy atom. The van der Waals surface area contributed by atoms with Crippen LogP contribution in [0.1, 0.15) is 32.4 Å². The number of H-pyrrole nitrogens is 1. The van der Waals surface area contributed by atoms with Gasteiger partial charge in [-0.05, 0) is 0 Å². The maximum Gasteiger partial charge on any atom is 0.155 e. The summed E-state index contributed by atoms with van der Waals surface area (Å²) in [5.74, 6) is 1.89. The van der Waals surface area contributed by atoms with E-state index in [2.05, 4.69) is 40.9 Å². The first kappa shape index (κ1) is 12.5. The zero-order valence-electron chi connectivity index (χ0n) is 11.0. The van der Waals surface area contributed by atoms with Gasteiger partial charge in [0.2, 0.25) is 0 Å². The molecule has 0 bridgehead atoms. The molecule has 0 spiro atoms. The summed E-state index contributed by atoms with van der Waals surface area (Å²) >= 11 is 0. The molecule has 1 aliphatic rings. The number of morpholine rings is 1. The van der Waals surface area contributed by atoms with Crippen molar-refractivity contribution in [3.8, 4) is 0 Å². The molecule has 1 fully saturated rings. The summed E-state index contributed by atoms with van der Waals surface area (Å²) in [6.45, 7) is 11.2. The minimum atomic E-state index is 0.0215. The summed E-state index contributed by atoms with van der Waals surface area (Å²) in [6, 6.07) is 0. The molecule has 96 valence electrons. The molecule has 0 amide bonds. The molecule has 17 heavy (non-hydrogen) atoms. The molecule has 0 aliphatic carbocycles. The van der Waals surface area contributed by atoms with Gasteiger partial charge in [0.15, 0.2) is 5.82 Å². The summed E-state index contributed by atoms with van der Waals surface area (Å²) in [6.07, 6.45) is 0.934. The molecule has 1 aromatic rings. The quantitative estimate of drug-likeness (QED) is 0.853. The van der Waals surface area contributed by atoms with Crippen LogP contribution >= 0.6 is 0 Å². The number of nitrogens with zero attached hydrogens (tertiary/aromatic N) is 3. The summed E-state index contributed by atoms with van der Waals surface area (Å²) < 4.78 is 5.32. The van der Waals surface area contributed by atoms with Crippen molar-refractivity contribution in [3.63, 3.8) is 0 Å². The maximum absolute atomic E-state index is 5.32. The van der Waals surface area contributed by atoms with E-state index in [0.717, 1.165) is 50.9 Å². The first-order valence-electron chi connectivity index (χ1n) is 6.27. The molecule has 2 heterocycles. The van der Waals surface area contributed by atoms with Crippen LogP contribution in [0, 0.1) is 0 Å². The highest BCUT2D eigenvalue weighted by Gasteiger charge is 2.19. The van der Waals surface area contributed by atoms with Gasteiger partial charge in [-0.1, -0.05) is 20.8 Å². The van der Waals surface area contributed by atoms with Gasteiger partial charge in [-0.3, -0.25) is 10.00 Å². The molecule has 5 nitrogen and oxygen atoms in total. The third-order valence-corrected chi connectivity index (χ3v) is 2.97. The maximum atomic E-state index is 5.32. The summed E-state index contributed by atoms with van der Waals surface area (Å²) in [4.78, 5) is 6.95. The van der Waals surface area contributed by atoms with Gasteiger partial charge in [-0.2, -0.15) is 5.10 Å². The Morgan fingerprint density at radius 1 is 1.29 bits per heavy atom. The summed E-state index contributed by atoms with van der Waals surface area (Å²) in [5.41, 5.74) is 0.0215. The third kappa shape index (κ3) is 3.51. The number of rotatable bonds is 3. The fourth-order valence-corrected chi connectivity index (χ4v) is 1.83. The Kier molecular flexibility index (Phi) is 3.79. The van der Waals surface area contributed by atoms with E-state index in [1.165, 1.54) is 0 Å². The second-order valence-electron chi connectivity index (χ2n) is 5.56. The molecule has 1 aromatic heterocycles. The Hall–Kier alpha value is -0.940. The SMILES string of the molecule is CC(C)(C)c1n[nH]c(CCN2CCOCC2)n1. The molecular formula is C12H22N4O. The first-order chi connectivity index (χ1) is 8.05. The number of aromatic amines is 1. The van der Waals surface area contributed by atoms with Gasteiger partial charge < -0.3 is 4.74 Å². The van der Waals surface area contributed by atoms with Gasteiger partial charge in [-0.15, -0.1) is 0 Å². The van der Waals surface area contributed by atoms with E-state index in [4.69, 9.17) is 4.74 Å². The van der Waals surface area contributed by atoms with Crippen molar-refractivity contribution in [1.82, 2.24) is 20.1 Å². The van der Waals surface area contributed by atoms with E-state index >= 15 is 0 Å². The number of hydrogen-bond acceptors (Lipinski definition) is 4. The molecule has 0 aromatic carbocycles. The monoisotopic (exact) mass is 238 g/mol. The topological polar surface area (TPSA) is 54.0 Å². The average Bonchev–Trinajstić information content (AvgIpc) is 2.76. The third-order valence-electron chi connectivity index (χ3n) is 2.97. The van der Waals surface area contributed by atoms with Crippen molar-refractivity contribution < 1.29 is 4.74 Å². The van der Waals surface area contributed by atoms with Crippen LogP contribution in [0.4, 0.5) is 0 Å². The van der Waals surface area contributed by atoms with E-state index in [9.17, 15) is 0 Å². The second-order valence-corrected chi connectivity index (χ2v) is 5.56. The van der Waals surface area contributed by atoms with E-state index < -0.39 is 0 Å². The fourth-order valence-electron chi connectivity index (χ4n) is 1.83. The summed E-state index contributed by atoms with van der Waals surface area (Å²) in [5, 5.41) is 7.30. The van der Waals surface area contributed by atoms with Crippen molar-refractivity contribution in [3.05, 3.63) is 11.6 Å². The van der Waals surface area contributed by atoms with Crippen molar-refractivity contribution in [1.29, 1.82) is 0 Å². The highest BCUT2D eigenvalue weighted by molar-refractivity contribution is 5.02. The predicted molar refractivity (Wildman–Crippen MR) is 66.0 cm³/mol. The normalized spacial score (nSPS) is 18.5. The molecule has 1 saturated heterocycles. The molecule has 0 atom stereocenters. The van der Waals surface area contributed by atoms with Gasteiger partial charge in [0.25, 0.3) is 0 Å². The van der Waals surface area contributed by atoms with Crippen LogP contribution < -0.4 is 0 Å². The van der Waals surface area contributed by atoms with Gasteiger partial charge in [0, 0.05) is 31.5 Å². The Balaban J connectivity index is 1.84. The molecule has 0 saturated carbocycles. The zero-order valence-corrected chi connectivity index (χ0v) is 11.0. The average molecular weight is 238 g/mol. The van der Waals surface area contributed by atoms with Crippen LogP contribution in [0.2, 0.25) is 0 Å². The van der Waals surface area contributed by atoms with Gasteiger partial charge in [0.1, 0.15) is 5.82 Å². The molecule has 1 N–H and O–H groups in total. The van der Waals surface area contributed by atoms with Crippen LogP contribution in [0.25, 0.3) is 0 Å². The van der Waals surface area contributed by atoms with Crippen LogP contribution in [0.15, 0.2) is 0 Å². The highest BCUT2D eigenvalue weighted by atomic mass is 16.5. The molecular weight excluding hydrogens is 216 g/mol. The van der Waals surface area contributed by atoms with Crippen molar-refractivity contribution in [2.75, 3.05) is 32.8 Å². The molecule has 0 radical (unpaired) electrons. The van der Waals surface area contributed by atoms with Crippen LogP contribution in [-0.4, -0.2) is 52.9 Å². The predicted octanol–water partition coefficient (Wildman–Crippen LogP) is 0.977. The number of aromatic nitrogens is 3. The van der Waals surface area contributed by atoms with E-state index in [0.29, 0.717) is 0 Å². The first-order valence-corrected chi connectivity index (χ1v) is 6.27.